The summed E-state index contributed by atoms with van der Waals surface area (Å²) in [5.74, 6) is 0.441. The number of carbonyl (C=O) groups is 2. The van der Waals surface area contributed by atoms with Crippen molar-refractivity contribution in [2.24, 2.45) is 0 Å². The molecule has 1 N–H and O–H groups in total. The molecule has 1 aliphatic rings. The second-order valence-electron chi connectivity index (χ2n) is 5.21. The first-order valence-electron chi connectivity index (χ1n) is 7.44. The number of hydrogen-bond acceptors (Lipinski definition) is 4. The predicted octanol–water partition coefficient (Wildman–Crippen LogP) is 0.950. The summed E-state index contributed by atoms with van der Waals surface area (Å²) in [5.41, 5.74) is 0.931. The van der Waals surface area contributed by atoms with Gasteiger partial charge in [0.1, 0.15) is 12.4 Å². The highest BCUT2D eigenvalue weighted by Crippen LogP contribution is 2.13. The van der Waals surface area contributed by atoms with Crippen LogP contribution in [0.2, 0.25) is 0 Å². The quantitative estimate of drug-likeness (QED) is 0.814. The van der Waals surface area contributed by atoms with Gasteiger partial charge in [-0.2, -0.15) is 0 Å². The molecule has 1 saturated heterocycles. The molecule has 0 atom stereocenters. The van der Waals surface area contributed by atoms with E-state index in [0.29, 0.717) is 6.61 Å². The molecule has 0 radical (unpaired) electrons. The average molecular weight is 306 g/mol. The van der Waals surface area contributed by atoms with E-state index in [1.54, 1.807) is 12.0 Å². The Morgan fingerprint density at radius 3 is 2.77 bits per heavy atom. The van der Waals surface area contributed by atoms with Crippen molar-refractivity contribution in [2.75, 3.05) is 33.4 Å². The number of carbonyl (C=O) groups excluding carboxylic acids is 2. The Balaban J connectivity index is 1.63. The molecule has 2 rings (SSSR count). The third-order valence-electron chi connectivity index (χ3n) is 3.53. The van der Waals surface area contributed by atoms with Crippen LogP contribution in [0.1, 0.15) is 18.4 Å². The van der Waals surface area contributed by atoms with Crippen LogP contribution >= 0.6 is 0 Å². The lowest BCUT2D eigenvalue weighted by molar-refractivity contribution is -0.133. The van der Waals surface area contributed by atoms with E-state index < -0.39 is 0 Å². The Morgan fingerprint density at radius 2 is 2.05 bits per heavy atom. The van der Waals surface area contributed by atoms with Gasteiger partial charge in [-0.15, -0.1) is 0 Å². The largest absolute Gasteiger partial charge is 0.497 e. The van der Waals surface area contributed by atoms with E-state index in [0.717, 1.165) is 37.2 Å². The number of nitrogens with zero attached hydrogens (tertiary/aromatic N) is 1. The average Bonchev–Trinajstić information content (AvgIpc) is 3.07. The summed E-state index contributed by atoms with van der Waals surface area (Å²) in [7, 11) is 1.60. The van der Waals surface area contributed by atoms with Crippen molar-refractivity contribution < 1.29 is 19.1 Å². The summed E-state index contributed by atoms with van der Waals surface area (Å²) >= 11 is 0. The lowest BCUT2D eigenvalue weighted by Crippen LogP contribution is -2.39. The first-order valence-corrected chi connectivity index (χ1v) is 7.44. The monoisotopic (exact) mass is 306 g/mol. The smallest absolute Gasteiger partial charge is 0.246 e. The van der Waals surface area contributed by atoms with E-state index in [4.69, 9.17) is 9.47 Å². The maximum Gasteiger partial charge on any atom is 0.246 e. The Hall–Kier alpha value is -2.08. The van der Waals surface area contributed by atoms with E-state index >= 15 is 0 Å². The number of likely N-dealkylation sites (tertiary alicyclic amines) is 1. The van der Waals surface area contributed by atoms with Crippen LogP contribution in [0.15, 0.2) is 24.3 Å². The van der Waals surface area contributed by atoms with Crippen LogP contribution in [0.5, 0.6) is 5.75 Å². The van der Waals surface area contributed by atoms with Crippen molar-refractivity contribution in [3.8, 4) is 5.75 Å². The summed E-state index contributed by atoms with van der Waals surface area (Å²) < 4.78 is 10.5. The van der Waals surface area contributed by atoms with Crippen LogP contribution < -0.4 is 10.1 Å². The molecular formula is C16H22N2O4. The maximum absolute atomic E-state index is 11.8. The van der Waals surface area contributed by atoms with E-state index in [2.05, 4.69) is 5.32 Å². The van der Waals surface area contributed by atoms with Gasteiger partial charge in [-0.3, -0.25) is 9.59 Å². The number of nitrogens with one attached hydrogen (secondary N) is 1. The summed E-state index contributed by atoms with van der Waals surface area (Å²) in [6.07, 6.45) is 2.09. The second kappa shape index (κ2) is 8.38. The lowest BCUT2D eigenvalue weighted by atomic mass is 10.2. The van der Waals surface area contributed by atoms with Crippen LogP contribution in [-0.4, -0.2) is 50.1 Å². The molecule has 0 saturated carbocycles. The summed E-state index contributed by atoms with van der Waals surface area (Å²) in [4.78, 5) is 25.2. The van der Waals surface area contributed by atoms with Crippen LogP contribution in [0.4, 0.5) is 0 Å². The van der Waals surface area contributed by atoms with Gasteiger partial charge in [0.15, 0.2) is 0 Å². The standard InChI is InChI=1S/C16H22N2O4/c1-21-14-6-4-5-13(9-14)11-22-12-15(19)17-10-16(20)18-7-2-3-8-18/h4-6,9H,2-3,7-8,10-12H2,1H3,(H,17,19). The van der Waals surface area contributed by atoms with Crippen LogP contribution in [-0.2, 0) is 20.9 Å². The Kier molecular flexibility index (Phi) is 6.21. The molecule has 1 aromatic rings. The minimum absolute atomic E-state index is 0.0290. The van der Waals surface area contributed by atoms with Crippen molar-refractivity contribution in [3.63, 3.8) is 0 Å². The van der Waals surface area contributed by atoms with Gasteiger partial charge in [-0.05, 0) is 30.5 Å². The number of hydrogen-bond donors (Lipinski definition) is 1. The number of rotatable bonds is 7. The SMILES string of the molecule is COc1cccc(COCC(=O)NCC(=O)N2CCCC2)c1. The molecule has 120 valence electrons. The van der Waals surface area contributed by atoms with Gasteiger partial charge >= 0.3 is 0 Å². The fourth-order valence-corrected chi connectivity index (χ4v) is 2.33. The van der Waals surface area contributed by atoms with Crippen molar-refractivity contribution in [2.45, 2.75) is 19.4 Å². The zero-order valence-electron chi connectivity index (χ0n) is 12.8. The Morgan fingerprint density at radius 1 is 1.27 bits per heavy atom. The molecule has 22 heavy (non-hydrogen) atoms. The Bertz CT molecular complexity index is 513. The molecule has 0 spiro atoms. The molecule has 0 unspecified atom stereocenters. The second-order valence-corrected chi connectivity index (χ2v) is 5.21. The fourth-order valence-electron chi connectivity index (χ4n) is 2.33. The number of amides is 2. The van der Waals surface area contributed by atoms with Crippen LogP contribution in [0.3, 0.4) is 0 Å². The summed E-state index contributed by atoms with van der Waals surface area (Å²) in [6.45, 7) is 1.89. The molecule has 6 heteroatoms. The first kappa shape index (κ1) is 16.3. The zero-order chi connectivity index (χ0) is 15.8. The van der Waals surface area contributed by atoms with Gasteiger partial charge in [-0.25, -0.2) is 0 Å². The molecule has 1 aromatic carbocycles. The molecule has 1 heterocycles. The predicted molar refractivity (Wildman–Crippen MR) is 81.5 cm³/mol. The maximum atomic E-state index is 11.8. The van der Waals surface area contributed by atoms with Crippen LogP contribution in [0.25, 0.3) is 0 Å². The van der Waals surface area contributed by atoms with E-state index in [9.17, 15) is 9.59 Å². The van der Waals surface area contributed by atoms with Crippen molar-refractivity contribution in [3.05, 3.63) is 29.8 Å². The molecular weight excluding hydrogens is 284 g/mol. The van der Waals surface area contributed by atoms with Gasteiger partial charge in [0.25, 0.3) is 0 Å². The van der Waals surface area contributed by atoms with Gasteiger partial charge in [0.05, 0.1) is 20.3 Å². The third-order valence-corrected chi connectivity index (χ3v) is 3.53. The first-order chi connectivity index (χ1) is 10.7. The van der Waals surface area contributed by atoms with Crippen molar-refractivity contribution >= 4 is 11.8 Å². The van der Waals surface area contributed by atoms with Gasteiger partial charge < -0.3 is 19.7 Å². The minimum Gasteiger partial charge on any atom is -0.497 e. The molecule has 1 aliphatic heterocycles. The highest BCUT2D eigenvalue weighted by Gasteiger charge is 2.17. The molecule has 0 aromatic heterocycles. The van der Waals surface area contributed by atoms with Crippen molar-refractivity contribution in [1.29, 1.82) is 0 Å². The van der Waals surface area contributed by atoms with E-state index in [-0.39, 0.29) is 25.0 Å². The topological polar surface area (TPSA) is 67.9 Å². The number of ether oxygens (including phenoxy) is 2. The molecule has 0 aliphatic carbocycles. The molecule has 6 nitrogen and oxygen atoms in total. The highest BCUT2D eigenvalue weighted by molar-refractivity contribution is 5.85. The summed E-state index contributed by atoms with van der Waals surface area (Å²) in [5, 5.41) is 2.59. The van der Waals surface area contributed by atoms with Crippen LogP contribution in [0, 0.1) is 0 Å². The van der Waals surface area contributed by atoms with Crippen molar-refractivity contribution in [1.82, 2.24) is 10.2 Å². The third kappa shape index (κ3) is 5.04. The van der Waals surface area contributed by atoms with Gasteiger partial charge in [0.2, 0.25) is 11.8 Å². The number of methoxy groups -OCH3 is 1. The number of benzene rings is 1. The Labute approximate surface area is 130 Å². The van der Waals surface area contributed by atoms with Gasteiger partial charge in [0, 0.05) is 13.1 Å². The summed E-state index contributed by atoms with van der Waals surface area (Å²) in [6, 6.07) is 7.47. The zero-order valence-corrected chi connectivity index (χ0v) is 12.8. The highest BCUT2D eigenvalue weighted by atomic mass is 16.5. The lowest BCUT2D eigenvalue weighted by Gasteiger charge is -2.15. The normalized spacial score (nSPS) is 14.0. The molecule has 1 fully saturated rings. The molecule has 0 bridgehead atoms. The van der Waals surface area contributed by atoms with E-state index in [1.807, 2.05) is 24.3 Å². The van der Waals surface area contributed by atoms with Gasteiger partial charge in [-0.1, -0.05) is 12.1 Å². The minimum atomic E-state index is -0.282. The molecule has 2 amide bonds. The fraction of sp³-hybridized carbons (Fsp3) is 0.500. The van der Waals surface area contributed by atoms with E-state index in [1.165, 1.54) is 0 Å².